The van der Waals surface area contributed by atoms with Gasteiger partial charge >= 0.3 is 0 Å². The van der Waals surface area contributed by atoms with Gasteiger partial charge in [0.15, 0.2) is 11.5 Å². The largest absolute Gasteiger partial charge is 0.454 e. The molecule has 0 aliphatic carbocycles. The highest BCUT2D eigenvalue weighted by Crippen LogP contribution is 2.36. The number of fused-ring (bicyclic) bond motifs is 1. The summed E-state index contributed by atoms with van der Waals surface area (Å²) in [6, 6.07) is 3.29. The first-order chi connectivity index (χ1) is 10.6. The molecule has 3 N–H and O–H groups in total. The highest BCUT2D eigenvalue weighted by atomic mass is 35.5. The van der Waals surface area contributed by atoms with E-state index in [4.69, 9.17) is 26.8 Å². The molecule has 0 radical (unpaired) electrons. The maximum atomic E-state index is 11.7. The molecule has 2 heterocycles. The van der Waals surface area contributed by atoms with E-state index in [0.717, 1.165) is 4.68 Å². The third kappa shape index (κ3) is 2.91. The van der Waals surface area contributed by atoms with Crippen LogP contribution in [0.1, 0.15) is 5.56 Å². The zero-order valence-corrected chi connectivity index (χ0v) is 11.8. The van der Waals surface area contributed by atoms with Gasteiger partial charge in [-0.15, -0.1) is 0 Å². The summed E-state index contributed by atoms with van der Waals surface area (Å²) < 4.78 is 11.6. The van der Waals surface area contributed by atoms with E-state index in [1.807, 2.05) is 0 Å². The van der Waals surface area contributed by atoms with Crippen molar-refractivity contribution in [1.82, 2.24) is 25.6 Å². The van der Waals surface area contributed by atoms with Crippen LogP contribution in [-0.4, -0.2) is 39.1 Å². The minimum absolute atomic E-state index is 0.0398. The van der Waals surface area contributed by atoms with Crippen LogP contribution in [0.25, 0.3) is 0 Å². The third-order valence-corrected chi connectivity index (χ3v) is 3.07. The number of tetrazole rings is 1. The SMILES string of the molecule is Nc1nnnn1CC(=O)N/N=C\c1cc2c(cc1Cl)OCO2. The van der Waals surface area contributed by atoms with Gasteiger partial charge in [-0.05, 0) is 16.5 Å². The van der Waals surface area contributed by atoms with Gasteiger partial charge in [0.05, 0.1) is 11.2 Å². The number of hydrazone groups is 1. The van der Waals surface area contributed by atoms with Crippen molar-refractivity contribution in [2.24, 2.45) is 5.10 Å². The van der Waals surface area contributed by atoms with E-state index < -0.39 is 5.91 Å². The van der Waals surface area contributed by atoms with Crippen LogP contribution in [0.3, 0.4) is 0 Å². The van der Waals surface area contributed by atoms with Crippen LogP contribution in [0.5, 0.6) is 11.5 Å². The molecule has 0 saturated carbocycles. The van der Waals surface area contributed by atoms with E-state index in [1.165, 1.54) is 6.21 Å². The molecule has 10 nitrogen and oxygen atoms in total. The van der Waals surface area contributed by atoms with Crippen molar-refractivity contribution in [1.29, 1.82) is 0 Å². The number of amides is 1. The Morgan fingerprint density at radius 2 is 2.27 bits per heavy atom. The highest BCUT2D eigenvalue weighted by Gasteiger charge is 2.15. The summed E-state index contributed by atoms with van der Waals surface area (Å²) in [6.07, 6.45) is 1.39. The molecule has 1 aliphatic rings. The number of halogens is 1. The Hall–Kier alpha value is -2.88. The summed E-state index contributed by atoms with van der Waals surface area (Å²) in [5, 5.41) is 14.6. The summed E-state index contributed by atoms with van der Waals surface area (Å²) in [4.78, 5) is 11.7. The van der Waals surface area contributed by atoms with Crippen LogP contribution >= 0.6 is 11.6 Å². The topological polar surface area (TPSA) is 130 Å². The molecule has 0 fully saturated rings. The molecule has 0 bridgehead atoms. The van der Waals surface area contributed by atoms with Gasteiger partial charge in [0.2, 0.25) is 12.7 Å². The lowest BCUT2D eigenvalue weighted by Gasteiger charge is -2.02. The number of carbonyl (C=O) groups is 1. The minimum atomic E-state index is -0.438. The van der Waals surface area contributed by atoms with Gasteiger partial charge in [-0.2, -0.15) is 5.10 Å². The number of carbonyl (C=O) groups excluding carboxylic acids is 1. The van der Waals surface area contributed by atoms with Gasteiger partial charge in [0.25, 0.3) is 5.91 Å². The number of hydrogen-bond acceptors (Lipinski definition) is 8. The predicted molar refractivity (Wildman–Crippen MR) is 75.5 cm³/mol. The normalized spacial score (nSPS) is 12.8. The summed E-state index contributed by atoms with van der Waals surface area (Å²) in [5.74, 6) is 0.740. The smallest absolute Gasteiger partial charge is 0.261 e. The summed E-state index contributed by atoms with van der Waals surface area (Å²) in [7, 11) is 0. The van der Waals surface area contributed by atoms with Crippen molar-refractivity contribution in [3.8, 4) is 11.5 Å². The molecular weight excluding hydrogens is 314 g/mol. The molecule has 1 aromatic carbocycles. The van der Waals surface area contributed by atoms with Gasteiger partial charge < -0.3 is 15.2 Å². The third-order valence-electron chi connectivity index (χ3n) is 2.74. The number of hydrogen-bond donors (Lipinski definition) is 2. The fourth-order valence-corrected chi connectivity index (χ4v) is 1.90. The monoisotopic (exact) mass is 323 g/mol. The molecule has 1 amide bonds. The first kappa shape index (κ1) is 14.1. The number of anilines is 1. The van der Waals surface area contributed by atoms with Crippen LogP contribution in [0, 0.1) is 0 Å². The van der Waals surface area contributed by atoms with E-state index >= 15 is 0 Å². The first-order valence-electron chi connectivity index (χ1n) is 6.06. The zero-order chi connectivity index (χ0) is 15.5. The quantitative estimate of drug-likeness (QED) is 0.588. The first-order valence-corrected chi connectivity index (χ1v) is 6.44. The average Bonchev–Trinajstić information content (AvgIpc) is 3.08. The average molecular weight is 324 g/mol. The Kier molecular flexibility index (Phi) is 3.74. The maximum Gasteiger partial charge on any atom is 0.261 e. The molecule has 114 valence electrons. The van der Waals surface area contributed by atoms with E-state index in [9.17, 15) is 4.79 Å². The second-order valence-corrected chi connectivity index (χ2v) is 4.62. The molecule has 0 unspecified atom stereocenters. The molecule has 0 spiro atoms. The van der Waals surface area contributed by atoms with E-state index in [1.54, 1.807) is 12.1 Å². The zero-order valence-electron chi connectivity index (χ0n) is 11.1. The number of ether oxygens (including phenoxy) is 2. The van der Waals surface area contributed by atoms with Gasteiger partial charge in [0, 0.05) is 11.6 Å². The molecule has 1 aromatic heterocycles. The standard InChI is InChI=1S/C11H10ClN7O3/c12-7-2-9-8(21-5-22-9)1-6(7)3-14-15-10(20)4-19-11(13)16-17-18-19/h1-3H,4-5H2,(H,15,20)(H2,13,16,18)/b14-3-. The molecule has 2 aromatic rings. The van der Waals surface area contributed by atoms with E-state index in [2.05, 4.69) is 26.1 Å². The van der Waals surface area contributed by atoms with Crippen molar-refractivity contribution in [3.05, 3.63) is 22.7 Å². The highest BCUT2D eigenvalue weighted by molar-refractivity contribution is 6.33. The van der Waals surface area contributed by atoms with Crippen molar-refractivity contribution >= 4 is 29.7 Å². The maximum absolute atomic E-state index is 11.7. The number of nitrogens with zero attached hydrogens (tertiary/aromatic N) is 5. The Morgan fingerprint density at radius 1 is 1.50 bits per heavy atom. The van der Waals surface area contributed by atoms with E-state index in [-0.39, 0.29) is 19.3 Å². The van der Waals surface area contributed by atoms with Gasteiger partial charge in [-0.1, -0.05) is 16.7 Å². The fraction of sp³-hybridized carbons (Fsp3) is 0.182. The number of nitrogen functional groups attached to an aromatic ring is 1. The number of benzene rings is 1. The molecule has 0 saturated heterocycles. The van der Waals surface area contributed by atoms with Crippen molar-refractivity contribution < 1.29 is 14.3 Å². The summed E-state index contributed by atoms with van der Waals surface area (Å²) in [6.45, 7) is 0.00139. The number of nitrogens with one attached hydrogen (secondary N) is 1. The van der Waals surface area contributed by atoms with Crippen molar-refractivity contribution in [2.45, 2.75) is 6.54 Å². The lowest BCUT2D eigenvalue weighted by Crippen LogP contribution is -2.24. The van der Waals surface area contributed by atoms with Gasteiger partial charge in [0.1, 0.15) is 6.54 Å². The molecular formula is C11H10ClN7O3. The number of nitrogens with two attached hydrogens (primary N) is 1. The molecule has 11 heteroatoms. The summed E-state index contributed by atoms with van der Waals surface area (Å²) >= 11 is 6.07. The van der Waals surface area contributed by atoms with Crippen molar-refractivity contribution in [3.63, 3.8) is 0 Å². The second-order valence-electron chi connectivity index (χ2n) is 4.21. The fourth-order valence-electron chi connectivity index (χ4n) is 1.70. The number of aromatic nitrogens is 4. The van der Waals surface area contributed by atoms with Gasteiger partial charge in [-0.25, -0.2) is 10.1 Å². The summed E-state index contributed by atoms with van der Waals surface area (Å²) in [5.41, 5.74) is 8.34. The second kappa shape index (κ2) is 5.85. The molecule has 0 atom stereocenters. The predicted octanol–water partition coefficient (Wildman–Crippen LogP) is -0.212. The van der Waals surface area contributed by atoms with Crippen LogP contribution < -0.4 is 20.6 Å². The molecule has 1 aliphatic heterocycles. The van der Waals surface area contributed by atoms with Crippen LogP contribution in [0.2, 0.25) is 5.02 Å². The Bertz CT molecular complexity index is 745. The number of rotatable bonds is 4. The Labute approximate surface area is 128 Å². The van der Waals surface area contributed by atoms with E-state index in [0.29, 0.717) is 22.1 Å². The van der Waals surface area contributed by atoms with Crippen LogP contribution in [0.15, 0.2) is 17.2 Å². The molecule has 22 heavy (non-hydrogen) atoms. The lowest BCUT2D eigenvalue weighted by molar-refractivity contribution is -0.121. The van der Waals surface area contributed by atoms with Crippen LogP contribution in [-0.2, 0) is 11.3 Å². The lowest BCUT2D eigenvalue weighted by atomic mass is 10.2. The van der Waals surface area contributed by atoms with Crippen LogP contribution in [0.4, 0.5) is 5.95 Å². The Morgan fingerprint density at radius 3 is 3.00 bits per heavy atom. The molecule has 3 rings (SSSR count). The minimum Gasteiger partial charge on any atom is -0.454 e. The van der Waals surface area contributed by atoms with Gasteiger partial charge in [-0.3, -0.25) is 4.79 Å². The van der Waals surface area contributed by atoms with Crippen molar-refractivity contribution in [2.75, 3.05) is 12.5 Å². The Balaban J connectivity index is 1.63.